The van der Waals surface area contributed by atoms with Gasteiger partial charge in [-0.2, -0.15) is 4.31 Å². The highest BCUT2D eigenvalue weighted by atomic mass is 79.9. The molecule has 0 bridgehead atoms. The third-order valence-corrected chi connectivity index (χ3v) is 6.13. The smallest absolute Gasteiger partial charge is 0.247 e. The van der Waals surface area contributed by atoms with E-state index in [-0.39, 0.29) is 10.9 Å². The topological polar surface area (TPSA) is 62.3 Å². The number of hydrogen-bond donors (Lipinski definition) is 1. The zero-order valence-electron chi connectivity index (χ0n) is 11.9. The molecule has 0 radical (unpaired) electrons. The first kappa shape index (κ1) is 15.7. The van der Waals surface area contributed by atoms with Crippen molar-refractivity contribution >= 4 is 31.8 Å². The number of nitrogens with zero attached hydrogens (tertiary/aromatic N) is 2. The van der Waals surface area contributed by atoms with Gasteiger partial charge in [-0.1, -0.05) is 6.92 Å². The van der Waals surface area contributed by atoms with Crippen LogP contribution in [0.15, 0.2) is 21.6 Å². The molecule has 0 spiro atoms. The maximum absolute atomic E-state index is 12.9. The third-order valence-electron chi connectivity index (χ3n) is 3.70. The van der Waals surface area contributed by atoms with Crippen LogP contribution in [-0.4, -0.2) is 37.3 Å². The fourth-order valence-corrected chi connectivity index (χ4v) is 4.95. The normalized spacial score (nSPS) is 24.6. The largest absolute Gasteiger partial charge is 0.372 e. The second-order valence-corrected chi connectivity index (χ2v) is 8.13. The lowest BCUT2D eigenvalue weighted by Crippen LogP contribution is -2.45. The lowest BCUT2D eigenvalue weighted by atomic mass is 9.97. The monoisotopic (exact) mass is 361 g/mol. The van der Waals surface area contributed by atoms with Crippen molar-refractivity contribution in [3.63, 3.8) is 0 Å². The lowest BCUT2D eigenvalue weighted by Gasteiger charge is -2.35. The van der Waals surface area contributed by atoms with Crippen molar-refractivity contribution in [2.24, 2.45) is 5.92 Å². The van der Waals surface area contributed by atoms with Crippen LogP contribution in [0, 0.1) is 5.92 Å². The number of halogens is 1. The van der Waals surface area contributed by atoms with Gasteiger partial charge in [0, 0.05) is 30.3 Å². The van der Waals surface area contributed by atoms with E-state index in [0.717, 1.165) is 12.8 Å². The first-order valence-electron chi connectivity index (χ1n) is 6.71. The summed E-state index contributed by atoms with van der Waals surface area (Å²) in [6, 6.07) is 1.64. The summed E-state index contributed by atoms with van der Waals surface area (Å²) >= 11 is 3.30. The summed E-state index contributed by atoms with van der Waals surface area (Å²) < 4.78 is 28.1. The van der Waals surface area contributed by atoms with Gasteiger partial charge in [0.15, 0.2) is 0 Å². The molecule has 2 unspecified atom stereocenters. The Kier molecular flexibility index (Phi) is 4.71. The van der Waals surface area contributed by atoms with Crippen LogP contribution in [0.3, 0.4) is 0 Å². The molecule has 1 fully saturated rings. The first-order chi connectivity index (χ1) is 9.36. The molecule has 1 saturated heterocycles. The summed E-state index contributed by atoms with van der Waals surface area (Å²) in [5, 5.41) is 2.86. The van der Waals surface area contributed by atoms with Crippen LogP contribution in [0.5, 0.6) is 0 Å². The van der Waals surface area contributed by atoms with Gasteiger partial charge < -0.3 is 5.32 Å². The number of anilines is 1. The Morgan fingerprint density at radius 3 is 2.75 bits per heavy atom. The zero-order valence-corrected chi connectivity index (χ0v) is 14.3. The van der Waals surface area contributed by atoms with E-state index in [9.17, 15) is 8.42 Å². The number of piperidine rings is 1. The van der Waals surface area contributed by atoms with Gasteiger partial charge in [0.05, 0.1) is 0 Å². The number of nitrogens with one attached hydrogen (secondary N) is 1. The Labute approximate surface area is 129 Å². The van der Waals surface area contributed by atoms with Crippen LogP contribution in [-0.2, 0) is 10.0 Å². The molecule has 0 aliphatic carbocycles. The van der Waals surface area contributed by atoms with Crippen molar-refractivity contribution in [3.8, 4) is 0 Å². The maximum Gasteiger partial charge on any atom is 0.247 e. The van der Waals surface area contributed by atoms with Crippen molar-refractivity contribution in [2.45, 2.75) is 37.6 Å². The standard InChI is InChI=1S/C13H20BrN3O2S/c1-9-4-5-10(2)17(8-9)20(18,19)12-6-11(14)7-16-13(12)15-3/h6-7,9-10H,4-5,8H2,1-3H3,(H,15,16). The number of pyridine rings is 1. The molecule has 7 heteroatoms. The highest BCUT2D eigenvalue weighted by Crippen LogP contribution is 2.31. The molecule has 1 aliphatic heterocycles. The Balaban J connectivity index is 2.46. The second-order valence-electron chi connectivity index (χ2n) is 5.36. The Morgan fingerprint density at radius 2 is 2.10 bits per heavy atom. The molecule has 1 aromatic rings. The molecule has 1 aromatic heterocycles. The quantitative estimate of drug-likeness (QED) is 0.898. The van der Waals surface area contributed by atoms with E-state index in [1.165, 1.54) is 0 Å². The Hall–Kier alpha value is -0.660. The van der Waals surface area contributed by atoms with Crippen LogP contribution < -0.4 is 5.32 Å². The van der Waals surface area contributed by atoms with Gasteiger partial charge in [-0.15, -0.1) is 0 Å². The van der Waals surface area contributed by atoms with Gasteiger partial charge in [-0.3, -0.25) is 0 Å². The zero-order chi connectivity index (χ0) is 14.9. The van der Waals surface area contributed by atoms with E-state index in [0.29, 0.717) is 22.8 Å². The van der Waals surface area contributed by atoms with E-state index in [1.807, 2.05) is 6.92 Å². The van der Waals surface area contributed by atoms with Crippen LogP contribution >= 0.6 is 15.9 Å². The van der Waals surface area contributed by atoms with Gasteiger partial charge in [0.2, 0.25) is 10.0 Å². The predicted octanol–water partition coefficient (Wildman–Crippen LogP) is 2.69. The Bertz CT molecular complexity index is 591. The minimum absolute atomic E-state index is 0.0277. The summed E-state index contributed by atoms with van der Waals surface area (Å²) in [5.41, 5.74) is 0. The second kappa shape index (κ2) is 5.99. The molecule has 20 heavy (non-hydrogen) atoms. The lowest BCUT2D eigenvalue weighted by molar-refractivity contribution is 0.218. The van der Waals surface area contributed by atoms with Crippen LogP contribution in [0.4, 0.5) is 5.82 Å². The summed E-state index contributed by atoms with van der Waals surface area (Å²) in [4.78, 5) is 4.37. The average Bonchev–Trinajstić information content (AvgIpc) is 2.41. The average molecular weight is 362 g/mol. The van der Waals surface area contributed by atoms with Crippen LogP contribution in [0.1, 0.15) is 26.7 Å². The van der Waals surface area contributed by atoms with Crippen molar-refractivity contribution in [1.29, 1.82) is 0 Å². The number of rotatable bonds is 3. The van der Waals surface area contributed by atoms with E-state index < -0.39 is 10.0 Å². The van der Waals surface area contributed by atoms with E-state index in [1.54, 1.807) is 23.6 Å². The minimum Gasteiger partial charge on any atom is -0.372 e. The summed E-state index contributed by atoms with van der Waals surface area (Å²) in [7, 11) is -1.85. The molecule has 1 N–H and O–H groups in total. The van der Waals surface area contributed by atoms with Gasteiger partial charge in [0.25, 0.3) is 0 Å². The summed E-state index contributed by atoms with van der Waals surface area (Å²) in [6.45, 7) is 4.62. The van der Waals surface area contributed by atoms with Crippen molar-refractivity contribution in [1.82, 2.24) is 9.29 Å². The highest BCUT2D eigenvalue weighted by Gasteiger charge is 2.35. The summed E-state index contributed by atoms with van der Waals surface area (Å²) in [5.74, 6) is 0.776. The minimum atomic E-state index is -3.53. The maximum atomic E-state index is 12.9. The molecular formula is C13H20BrN3O2S. The van der Waals surface area contributed by atoms with E-state index in [4.69, 9.17) is 0 Å². The predicted molar refractivity (Wildman–Crippen MR) is 83.2 cm³/mol. The molecule has 2 heterocycles. The molecule has 0 saturated carbocycles. The third kappa shape index (κ3) is 2.99. The number of sulfonamides is 1. The van der Waals surface area contributed by atoms with Crippen LogP contribution in [0.2, 0.25) is 0 Å². The van der Waals surface area contributed by atoms with Crippen molar-refractivity contribution in [3.05, 3.63) is 16.7 Å². The molecule has 2 rings (SSSR count). The molecule has 0 amide bonds. The van der Waals surface area contributed by atoms with Crippen molar-refractivity contribution in [2.75, 3.05) is 18.9 Å². The number of hydrogen-bond acceptors (Lipinski definition) is 4. The first-order valence-corrected chi connectivity index (χ1v) is 8.94. The molecule has 112 valence electrons. The van der Waals surface area contributed by atoms with E-state index >= 15 is 0 Å². The molecular weight excluding hydrogens is 342 g/mol. The van der Waals surface area contributed by atoms with Gasteiger partial charge >= 0.3 is 0 Å². The molecule has 2 atom stereocenters. The fraction of sp³-hybridized carbons (Fsp3) is 0.615. The van der Waals surface area contributed by atoms with E-state index in [2.05, 4.69) is 33.2 Å². The number of aromatic nitrogens is 1. The highest BCUT2D eigenvalue weighted by molar-refractivity contribution is 9.10. The van der Waals surface area contributed by atoms with Gasteiger partial charge in [-0.05, 0) is 47.7 Å². The van der Waals surface area contributed by atoms with Crippen molar-refractivity contribution < 1.29 is 8.42 Å². The van der Waals surface area contributed by atoms with Gasteiger partial charge in [-0.25, -0.2) is 13.4 Å². The molecule has 0 aromatic carbocycles. The van der Waals surface area contributed by atoms with Crippen LogP contribution in [0.25, 0.3) is 0 Å². The Morgan fingerprint density at radius 1 is 1.40 bits per heavy atom. The fourth-order valence-electron chi connectivity index (χ4n) is 2.51. The van der Waals surface area contributed by atoms with Gasteiger partial charge in [0.1, 0.15) is 10.7 Å². The molecule has 1 aliphatic rings. The SMILES string of the molecule is CNc1ncc(Br)cc1S(=O)(=O)N1CC(C)CCC1C. The summed E-state index contributed by atoms with van der Waals surface area (Å²) in [6.07, 6.45) is 3.56. The molecule has 5 nitrogen and oxygen atoms in total.